The molecular formula is C10H9ClN2OS. The summed E-state index contributed by atoms with van der Waals surface area (Å²) in [6, 6.07) is 3.72. The molecule has 0 N–H and O–H groups in total. The Morgan fingerprint density at radius 2 is 2.27 bits per heavy atom. The highest BCUT2D eigenvalue weighted by Crippen LogP contribution is 2.14. The van der Waals surface area contributed by atoms with Crippen molar-refractivity contribution < 1.29 is 4.74 Å². The number of hydrogen-bond acceptors (Lipinski definition) is 4. The van der Waals surface area contributed by atoms with E-state index in [1.807, 2.05) is 12.1 Å². The van der Waals surface area contributed by atoms with Crippen LogP contribution >= 0.6 is 22.9 Å². The van der Waals surface area contributed by atoms with Gasteiger partial charge in [-0.25, -0.2) is 0 Å². The fraction of sp³-hybridized carbons (Fsp3) is 0.200. The number of ether oxygens (including phenoxy) is 1. The van der Waals surface area contributed by atoms with Gasteiger partial charge in [-0.1, -0.05) is 0 Å². The molecule has 0 atom stereocenters. The van der Waals surface area contributed by atoms with Gasteiger partial charge < -0.3 is 4.74 Å². The van der Waals surface area contributed by atoms with Gasteiger partial charge in [0, 0.05) is 6.20 Å². The monoisotopic (exact) mass is 240 g/mol. The van der Waals surface area contributed by atoms with E-state index in [4.69, 9.17) is 16.3 Å². The molecule has 2 aromatic rings. The van der Waals surface area contributed by atoms with Crippen LogP contribution in [0.3, 0.4) is 0 Å². The van der Waals surface area contributed by atoms with Crippen molar-refractivity contribution in [1.29, 1.82) is 0 Å². The van der Waals surface area contributed by atoms with E-state index in [0.717, 1.165) is 16.3 Å². The van der Waals surface area contributed by atoms with Crippen molar-refractivity contribution in [2.75, 3.05) is 0 Å². The van der Waals surface area contributed by atoms with Crippen LogP contribution < -0.4 is 4.74 Å². The van der Waals surface area contributed by atoms with Crippen LogP contribution in [0, 0.1) is 0 Å². The van der Waals surface area contributed by atoms with Gasteiger partial charge in [-0.2, -0.15) is 0 Å². The van der Waals surface area contributed by atoms with Gasteiger partial charge in [0.1, 0.15) is 12.4 Å². The van der Waals surface area contributed by atoms with Crippen LogP contribution in [-0.2, 0) is 12.5 Å². The minimum Gasteiger partial charge on any atom is -0.486 e. The molecule has 0 saturated carbocycles. The van der Waals surface area contributed by atoms with Crippen LogP contribution in [0.5, 0.6) is 5.75 Å². The molecule has 3 nitrogen and oxygen atoms in total. The normalized spacial score (nSPS) is 10.2. The molecule has 5 heteroatoms. The molecule has 15 heavy (non-hydrogen) atoms. The maximum atomic E-state index is 5.63. The third kappa shape index (κ3) is 2.91. The maximum Gasteiger partial charge on any atom is 0.138 e. The molecule has 2 aromatic heterocycles. The Morgan fingerprint density at radius 3 is 2.87 bits per heavy atom. The second kappa shape index (κ2) is 5.09. The smallest absolute Gasteiger partial charge is 0.138 e. The molecular weight excluding hydrogens is 232 g/mol. The lowest BCUT2D eigenvalue weighted by Gasteiger charge is -2.03. The molecule has 78 valence electrons. The zero-order valence-electron chi connectivity index (χ0n) is 7.89. The van der Waals surface area contributed by atoms with Crippen molar-refractivity contribution in [1.82, 2.24) is 9.97 Å². The quantitative estimate of drug-likeness (QED) is 0.771. The summed E-state index contributed by atoms with van der Waals surface area (Å²) in [5.74, 6) is 1.17. The van der Waals surface area contributed by atoms with Gasteiger partial charge >= 0.3 is 0 Å². The van der Waals surface area contributed by atoms with E-state index >= 15 is 0 Å². The third-order valence-electron chi connectivity index (χ3n) is 1.80. The summed E-state index contributed by atoms with van der Waals surface area (Å²) in [5, 5.41) is 0. The predicted octanol–water partition coefficient (Wildman–Crippen LogP) is 2.86. The highest BCUT2D eigenvalue weighted by Gasteiger charge is 1.98. The first-order valence-electron chi connectivity index (χ1n) is 4.39. The molecule has 2 heterocycles. The first-order chi connectivity index (χ1) is 7.38. The third-order valence-corrected chi connectivity index (χ3v) is 2.83. The number of rotatable bonds is 4. The van der Waals surface area contributed by atoms with Gasteiger partial charge in [0.15, 0.2) is 0 Å². The Bertz CT molecular complexity index is 402. The molecule has 0 spiro atoms. The van der Waals surface area contributed by atoms with Crippen molar-refractivity contribution >= 4 is 22.9 Å². The average molecular weight is 241 g/mol. The highest BCUT2D eigenvalue weighted by molar-refractivity contribution is 7.09. The Labute approximate surface area is 96.7 Å². The zero-order chi connectivity index (χ0) is 10.5. The average Bonchev–Trinajstić information content (AvgIpc) is 2.80. The molecule has 2 rings (SSSR count). The topological polar surface area (TPSA) is 35.0 Å². The van der Waals surface area contributed by atoms with E-state index in [-0.39, 0.29) is 0 Å². The minimum absolute atomic E-state index is 0.426. The van der Waals surface area contributed by atoms with E-state index in [0.29, 0.717) is 12.5 Å². The number of halogens is 1. The number of thiazole rings is 1. The summed E-state index contributed by atoms with van der Waals surface area (Å²) in [7, 11) is 0. The van der Waals surface area contributed by atoms with Crippen LogP contribution in [0.15, 0.2) is 30.0 Å². The predicted molar refractivity (Wildman–Crippen MR) is 60.2 cm³/mol. The van der Waals surface area contributed by atoms with Crippen molar-refractivity contribution in [3.63, 3.8) is 0 Å². The second-order valence-electron chi connectivity index (χ2n) is 2.88. The van der Waals surface area contributed by atoms with Crippen molar-refractivity contribution in [2.24, 2.45) is 0 Å². The van der Waals surface area contributed by atoms with E-state index in [1.165, 1.54) is 0 Å². The van der Waals surface area contributed by atoms with Crippen LogP contribution in [0.4, 0.5) is 0 Å². The fourth-order valence-electron chi connectivity index (χ4n) is 1.04. The lowest BCUT2D eigenvalue weighted by Crippen LogP contribution is -1.94. The number of hydrogen-bond donors (Lipinski definition) is 0. The summed E-state index contributed by atoms with van der Waals surface area (Å²) in [5.41, 5.74) is 2.63. The first kappa shape index (κ1) is 10.4. The molecule has 0 bridgehead atoms. The molecule has 0 aromatic carbocycles. The zero-order valence-corrected chi connectivity index (χ0v) is 9.46. The van der Waals surface area contributed by atoms with Crippen LogP contribution in [0.25, 0.3) is 0 Å². The van der Waals surface area contributed by atoms with Gasteiger partial charge in [0.25, 0.3) is 0 Å². The fourth-order valence-corrected chi connectivity index (χ4v) is 1.71. The molecule has 0 fully saturated rings. The Kier molecular flexibility index (Phi) is 3.53. The molecule has 0 unspecified atom stereocenters. The summed E-state index contributed by atoms with van der Waals surface area (Å²) in [6.07, 6.45) is 3.48. The molecule has 0 aliphatic carbocycles. The summed E-state index contributed by atoms with van der Waals surface area (Å²) in [4.78, 5) is 9.19. The lowest BCUT2D eigenvalue weighted by atomic mass is 10.4. The van der Waals surface area contributed by atoms with Crippen LogP contribution in [0.2, 0.25) is 0 Å². The van der Waals surface area contributed by atoms with E-state index < -0.39 is 0 Å². The summed E-state index contributed by atoms with van der Waals surface area (Å²) >= 11 is 7.20. The molecule has 0 saturated heterocycles. The summed E-state index contributed by atoms with van der Waals surface area (Å²) < 4.78 is 5.51. The van der Waals surface area contributed by atoms with Gasteiger partial charge in [0.05, 0.1) is 28.2 Å². The van der Waals surface area contributed by atoms with Crippen LogP contribution in [0.1, 0.15) is 10.6 Å². The molecule has 0 radical (unpaired) electrons. The SMILES string of the molecule is ClCc1ccc(OCc2cncs2)cn1. The van der Waals surface area contributed by atoms with Crippen LogP contribution in [-0.4, -0.2) is 9.97 Å². The molecule has 0 aliphatic rings. The lowest BCUT2D eigenvalue weighted by molar-refractivity contribution is 0.308. The van der Waals surface area contributed by atoms with Gasteiger partial charge in [-0.3, -0.25) is 9.97 Å². The van der Waals surface area contributed by atoms with Crippen molar-refractivity contribution in [3.05, 3.63) is 40.6 Å². The molecule has 0 amide bonds. The number of nitrogens with zero attached hydrogens (tertiary/aromatic N) is 2. The van der Waals surface area contributed by atoms with Gasteiger partial charge in [-0.15, -0.1) is 22.9 Å². The van der Waals surface area contributed by atoms with Gasteiger partial charge in [-0.05, 0) is 12.1 Å². The Morgan fingerprint density at radius 1 is 1.33 bits per heavy atom. The highest BCUT2D eigenvalue weighted by atomic mass is 35.5. The minimum atomic E-state index is 0.426. The molecule has 0 aliphatic heterocycles. The summed E-state index contributed by atoms with van der Waals surface area (Å²) in [6.45, 7) is 0.534. The maximum absolute atomic E-state index is 5.63. The van der Waals surface area contributed by atoms with Crippen molar-refractivity contribution in [2.45, 2.75) is 12.5 Å². The van der Waals surface area contributed by atoms with Gasteiger partial charge in [0.2, 0.25) is 0 Å². The Hall–Kier alpha value is -1.13. The van der Waals surface area contributed by atoms with Crippen molar-refractivity contribution in [3.8, 4) is 5.75 Å². The van der Waals surface area contributed by atoms with E-state index in [1.54, 1.807) is 29.2 Å². The Balaban J connectivity index is 1.93. The largest absolute Gasteiger partial charge is 0.486 e. The standard InChI is InChI=1S/C10H9ClN2OS/c11-3-8-1-2-9(4-13-8)14-6-10-5-12-7-15-10/h1-2,4-5,7H,3,6H2. The van der Waals surface area contributed by atoms with E-state index in [9.17, 15) is 0 Å². The number of alkyl halides is 1. The first-order valence-corrected chi connectivity index (χ1v) is 5.81. The van der Waals surface area contributed by atoms with E-state index in [2.05, 4.69) is 9.97 Å². The number of pyridine rings is 1. The second-order valence-corrected chi connectivity index (χ2v) is 4.11. The number of aromatic nitrogens is 2.